The first-order chi connectivity index (χ1) is 3.12. The molecule has 1 nitrogen and oxygen atoms in total. The zero-order valence-electron chi connectivity index (χ0n) is 5.60. The summed E-state index contributed by atoms with van der Waals surface area (Å²) in [6.07, 6.45) is 0. The van der Waals surface area contributed by atoms with Crippen molar-refractivity contribution in [3.63, 3.8) is 0 Å². The molecule has 0 aliphatic rings. The molecule has 0 N–H and O–H groups in total. The molecule has 0 rings (SSSR count). The van der Waals surface area contributed by atoms with Crippen molar-refractivity contribution in [2.75, 3.05) is 0 Å². The van der Waals surface area contributed by atoms with Gasteiger partial charge in [0, 0.05) is 0 Å². The van der Waals surface area contributed by atoms with Crippen molar-refractivity contribution in [2.45, 2.75) is 18.3 Å². The monoisotopic (exact) mass is 214 g/mol. The summed E-state index contributed by atoms with van der Waals surface area (Å²) in [5.74, 6) is 0. The van der Waals surface area contributed by atoms with E-state index in [1.54, 1.807) is 22.3 Å². The van der Waals surface area contributed by atoms with Crippen LogP contribution in [0.4, 0.5) is 0 Å². The van der Waals surface area contributed by atoms with Gasteiger partial charge >= 0.3 is 58.8 Å². The maximum absolute atomic E-state index is 8.35. The molecule has 0 atom stereocenters. The Kier molecular flexibility index (Phi) is 2.66. The van der Waals surface area contributed by atoms with Gasteiger partial charge in [-0.2, -0.15) is 0 Å². The smallest absolute Gasteiger partial charge is 1.00 e. The van der Waals surface area contributed by atoms with Gasteiger partial charge < -0.3 is 0 Å². The maximum Gasteiger partial charge on any atom is 1.00 e. The van der Waals surface area contributed by atoms with Crippen molar-refractivity contribution < 1.29 is 1.43 Å². The van der Waals surface area contributed by atoms with Crippen LogP contribution in [-0.2, 0) is 0 Å². The largest absolute Gasteiger partial charge is 1.00 e. The second-order valence-electron chi connectivity index (χ2n) is 2.15. The van der Waals surface area contributed by atoms with Crippen LogP contribution >= 0.6 is 0 Å². The number of rotatable bonds is 1. The number of hydrogen-bond acceptors (Lipinski definition) is 1. The van der Waals surface area contributed by atoms with Gasteiger partial charge in [0.1, 0.15) is 0 Å². The van der Waals surface area contributed by atoms with Crippen molar-refractivity contribution in [3.8, 4) is 6.07 Å². The van der Waals surface area contributed by atoms with E-state index in [9.17, 15) is 0 Å². The quantitative estimate of drug-likeness (QED) is 0.593. The Morgan fingerprint density at radius 3 is 2.29 bits per heavy atom. The fourth-order valence-corrected chi connectivity index (χ4v) is 0.237. The first-order valence-corrected chi connectivity index (χ1v) is 3.95. The molecule has 0 heterocycles. The molecule has 0 fully saturated rings. The summed E-state index contributed by atoms with van der Waals surface area (Å²) in [5, 5.41) is 8.35. The van der Waals surface area contributed by atoms with Crippen LogP contribution < -0.4 is 0 Å². The van der Waals surface area contributed by atoms with Crippen molar-refractivity contribution in [2.24, 2.45) is 5.41 Å². The van der Waals surface area contributed by atoms with Gasteiger partial charge in [-0.05, 0) is 0 Å². The SMILES string of the molecule is CC(C)(C#N)C[TeH].[H+]. The van der Waals surface area contributed by atoms with Gasteiger partial charge in [0.15, 0.2) is 0 Å². The summed E-state index contributed by atoms with van der Waals surface area (Å²) in [7, 11) is 0. The van der Waals surface area contributed by atoms with Crippen LogP contribution in [0.3, 0.4) is 0 Å². The van der Waals surface area contributed by atoms with E-state index in [0.717, 1.165) is 4.47 Å². The Morgan fingerprint density at radius 1 is 1.86 bits per heavy atom. The molecule has 0 spiro atoms. The Morgan fingerprint density at radius 2 is 2.29 bits per heavy atom. The number of nitriles is 1. The molecule has 40 valence electrons. The van der Waals surface area contributed by atoms with Crippen LogP contribution in [0.5, 0.6) is 0 Å². The van der Waals surface area contributed by atoms with E-state index >= 15 is 0 Å². The summed E-state index contributed by atoms with van der Waals surface area (Å²) in [6, 6.07) is 2.20. The van der Waals surface area contributed by atoms with Gasteiger partial charge in [-0.3, -0.25) is 0 Å². The van der Waals surface area contributed by atoms with Gasteiger partial charge in [-0.25, -0.2) is 0 Å². The normalized spacial score (nSPS) is 10.6. The Bertz CT molecular complexity index is 95.1. The van der Waals surface area contributed by atoms with Crippen LogP contribution in [0.2, 0.25) is 4.47 Å². The third kappa shape index (κ3) is 2.92. The van der Waals surface area contributed by atoms with E-state index in [4.69, 9.17) is 5.26 Å². The summed E-state index contributed by atoms with van der Waals surface area (Å²) in [4.78, 5) is 0. The molecule has 0 aromatic carbocycles. The van der Waals surface area contributed by atoms with Crippen LogP contribution in [0.15, 0.2) is 0 Å². The van der Waals surface area contributed by atoms with Gasteiger partial charge in [-0.15, -0.1) is 0 Å². The Hall–Kier alpha value is 0.280. The molecule has 7 heavy (non-hydrogen) atoms. The van der Waals surface area contributed by atoms with Gasteiger partial charge in [0.2, 0.25) is 0 Å². The zero-order chi connectivity index (χ0) is 5.91. The van der Waals surface area contributed by atoms with E-state index < -0.39 is 0 Å². The summed E-state index contributed by atoms with van der Waals surface area (Å²) in [6.45, 7) is 3.90. The fraction of sp³-hybridized carbons (Fsp3) is 0.800. The summed E-state index contributed by atoms with van der Waals surface area (Å²) in [5.41, 5.74) is -0.0889. The average Bonchev–Trinajstić information content (AvgIpc) is 1.68. The number of hydrogen-bond donors (Lipinski definition) is 0. The molecule has 0 aliphatic carbocycles. The second-order valence-corrected chi connectivity index (χ2v) is 3.06. The molecule has 0 aliphatic heterocycles. The van der Waals surface area contributed by atoms with Gasteiger partial charge in [0.05, 0.1) is 0 Å². The van der Waals surface area contributed by atoms with E-state index in [-0.39, 0.29) is 6.84 Å². The molecule has 0 unspecified atom stereocenters. The second kappa shape index (κ2) is 2.55. The van der Waals surface area contributed by atoms with Crippen LogP contribution in [0.25, 0.3) is 0 Å². The average molecular weight is 212 g/mol. The Balaban J connectivity index is 0. The predicted octanol–water partition coefficient (Wildman–Crippen LogP) is 0.968. The van der Waals surface area contributed by atoms with Crippen LogP contribution in [-0.4, -0.2) is 22.3 Å². The molecule has 0 bridgehead atoms. The summed E-state index contributed by atoms with van der Waals surface area (Å²) < 4.78 is 0.984. The molecular weight excluding hydrogens is 202 g/mol. The van der Waals surface area contributed by atoms with Crippen LogP contribution in [0.1, 0.15) is 15.3 Å². The molecule has 2 heteroatoms. The van der Waals surface area contributed by atoms with E-state index in [0.29, 0.717) is 0 Å². The predicted molar refractivity (Wildman–Crippen MR) is 32.5 cm³/mol. The number of nitrogens with zero attached hydrogens (tertiary/aromatic N) is 1. The van der Waals surface area contributed by atoms with Crippen LogP contribution in [0, 0.1) is 16.7 Å². The van der Waals surface area contributed by atoms with Crippen molar-refractivity contribution in [1.29, 1.82) is 5.26 Å². The molecule has 0 aromatic heterocycles. The Labute approximate surface area is 59.1 Å². The third-order valence-corrected chi connectivity index (χ3v) is 2.95. The van der Waals surface area contributed by atoms with Gasteiger partial charge in [0.25, 0.3) is 0 Å². The maximum atomic E-state index is 8.35. The van der Waals surface area contributed by atoms with Crippen molar-refractivity contribution in [1.82, 2.24) is 0 Å². The van der Waals surface area contributed by atoms with Gasteiger partial charge in [-0.1, -0.05) is 0 Å². The minimum absolute atomic E-state index is 0. The first kappa shape index (κ1) is 7.28. The molecular formula is C5H10NTe+. The zero-order valence-corrected chi connectivity index (χ0v) is 7.15. The molecule has 0 saturated carbocycles. The molecule has 0 saturated heterocycles. The van der Waals surface area contributed by atoms with Crippen molar-refractivity contribution >= 4 is 22.3 Å². The minimum Gasteiger partial charge on any atom is 1.00 e. The summed E-state index contributed by atoms with van der Waals surface area (Å²) >= 11 is 1.70. The first-order valence-electron chi connectivity index (χ1n) is 2.14. The van der Waals surface area contributed by atoms with E-state index in [1.165, 1.54) is 0 Å². The molecule has 0 radical (unpaired) electrons. The van der Waals surface area contributed by atoms with Crippen molar-refractivity contribution in [3.05, 3.63) is 0 Å². The molecule has 0 amide bonds. The minimum atomic E-state index is -0.0889. The molecule has 0 aromatic rings. The standard InChI is InChI=1S/C5H9NTe/c1-5(2,3-6)4-7/h7H,4H2,1-2H3/p+1. The van der Waals surface area contributed by atoms with E-state index in [2.05, 4.69) is 6.07 Å². The fourth-order valence-electron chi connectivity index (χ4n) is 0.0354. The topological polar surface area (TPSA) is 23.8 Å². The third-order valence-electron chi connectivity index (χ3n) is 0.698. The van der Waals surface area contributed by atoms with E-state index in [1.807, 2.05) is 13.8 Å².